The lowest BCUT2D eigenvalue weighted by Gasteiger charge is -2.47. The molecule has 2 fully saturated rings. The van der Waals surface area contributed by atoms with Gasteiger partial charge < -0.3 is 14.5 Å². The number of ether oxygens (including phenoxy) is 1. The summed E-state index contributed by atoms with van der Waals surface area (Å²) in [6.07, 6.45) is 6.18. The average Bonchev–Trinajstić information content (AvgIpc) is 3.46. The van der Waals surface area contributed by atoms with Gasteiger partial charge in [-0.2, -0.15) is 10.4 Å². The van der Waals surface area contributed by atoms with Crippen LogP contribution < -0.4 is 9.64 Å². The molecule has 0 saturated carbocycles. The zero-order chi connectivity index (χ0) is 24.3. The number of amides is 1. The molecule has 1 spiro atoms. The van der Waals surface area contributed by atoms with Crippen molar-refractivity contribution in [3.8, 4) is 22.9 Å². The fourth-order valence-electron chi connectivity index (χ4n) is 6.22. The highest BCUT2D eigenvalue weighted by molar-refractivity contribution is 6.00. The molecule has 3 aromatic rings. The summed E-state index contributed by atoms with van der Waals surface area (Å²) in [5.74, 6) is 0.841. The smallest absolute Gasteiger partial charge is 0.245 e. The first kappa shape index (κ1) is 21.7. The van der Waals surface area contributed by atoms with Gasteiger partial charge in [-0.05, 0) is 49.5 Å². The van der Waals surface area contributed by atoms with Crippen LogP contribution in [0.15, 0.2) is 37.1 Å². The maximum absolute atomic E-state index is 12.0. The molecule has 0 radical (unpaired) electrons. The fourth-order valence-corrected chi connectivity index (χ4v) is 6.22. The van der Waals surface area contributed by atoms with E-state index in [2.05, 4.69) is 47.8 Å². The molecular weight excluding hydrogens is 438 g/mol. The number of rotatable bonds is 3. The molecule has 0 bridgehead atoms. The Morgan fingerprint density at radius 2 is 2.11 bits per heavy atom. The van der Waals surface area contributed by atoms with Gasteiger partial charge in [-0.3, -0.25) is 9.48 Å². The zero-order valence-corrected chi connectivity index (χ0v) is 20.3. The lowest BCUT2D eigenvalue weighted by atomic mass is 9.79. The van der Waals surface area contributed by atoms with Crippen molar-refractivity contribution in [2.45, 2.75) is 26.2 Å². The second-order valence-electron chi connectivity index (χ2n) is 10.2. The molecular formula is C28H29N5O2. The Hall–Kier alpha value is -3.79. The van der Waals surface area contributed by atoms with E-state index in [0.717, 1.165) is 90.0 Å². The molecule has 35 heavy (non-hydrogen) atoms. The van der Waals surface area contributed by atoms with Crippen LogP contribution >= 0.6 is 0 Å². The first-order valence-electron chi connectivity index (χ1n) is 12.3. The molecule has 1 amide bonds. The van der Waals surface area contributed by atoms with Crippen LogP contribution in [0, 0.1) is 23.7 Å². The zero-order valence-electron chi connectivity index (χ0n) is 20.3. The standard InChI is InChI=1S/C28H29N5O2/c1-4-23(34)33-16-28(17-33)9-10-32(15-28)22-12-19-6-5-11-35-27(19)25(21(22)13-29)24-18(2)7-8-20-14-30-31(3)26(20)24/h4,7-8,12,14H,1,5-6,9-11,15-17H2,2-3H3. The molecule has 6 rings (SSSR count). The number of nitriles is 1. The highest BCUT2D eigenvalue weighted by Gasteiger charge is 2.49. The van der Waals surface area contributed by atoms with Crippen LogP contribution in [-0.2, 0) is 18.3 Å². The van der Waals surface area contributed by atoms with Gasteiger partial charge in [-0.15, -0.1) is 0 Å². The molecule has 3 aliphatic rings. The van der Waals surface area contributed by atoms with Gasteiger partial charge in [-0.1, -0.05) is 18.7 Å². The van der Waals surface area contributed by atoms with Crippen LogP contribution in [0.1, 0.15) is 29.5 Å². The van der Waals surface area contributed by atoms with E-state index in [-0.39, 0.29) is 11.3 Å². The summed E-state index contributed by atoms with van der Waals surface area (Å²) in [7, 11) is 1.95. The number of likely N-dealkylation sites (tertiary alicyclic amines) is 1. The fraction of sp³-hybridized carbons (Fsp3) is 0.393. The van der Waals surface area contributed by atoms with Gasteiger partial charge in [0, 0.05) is 55.2 Å². The Morgan fingerprint density at radius 3 is 2.89 bits per heavy atom. The van der Waals surface area contributed by atoms with Gasteiger partial charge in [0.2, 0.25) is 5.91 Å². The molecule has 2 aromatic carbocycles. The molecule has 7 nitrogen and oxygen atoms in total. The maximum atomic E-state index is 12.0. The number of carbonyl (C=O) groups is 1. The van der Waals surface area contributed by atoms with Gasteiger partial charge in [-0.25, -0.2) is 0 Å². The highest BCUT2D eigenvalue weighted by Crippen LogP contribution is 2.49. The van der Waals surface area contributed by atoms with Gasteiger partial charge in [0.15, 0.2) is 0 Å². The van der Waals surface area contributed by atoms with E-state index >= 15 is 0 Å². The first-order chi connectivity index (χ1) is 16.9. The van der Waals surface area contributed by atoms with Crippen molar-refractivity contribution < 1.29 is 9.53 Å². The maximum Gasteiger partial charge on any atom is 0.245 e. The van der Waals surface area contributed by atoms with Crippen molar-refractivity contribution in [2.24, 2.45) is 12.5 Å². The van der Waals surface area contributed by atoms with Crippen molar-refractivity contribution in [3.63, 3.8) is 0 Å². The molecule has 7 heteroatoms. The number of aryl methyl sites for hydroxylation is 3. The molecule has 178 valence electrons. The summed E-state index contributed by atoms with van der Waals surface area (Å²) in [6.45, 7) is 9.59. The van der Waals surface area contributed by atoms with Crippen LogP contribution in [0.4, 0.5) is 5.69 Å². The molecule has 4 heterocycles. The largest absolute Gasteiger partial charge is 0.493 e. The topological polar surface area (TPSA) is 74.4 Å². The number of benzene rings is 2. The van der Waals surface area contributed by atoms with Crippen LogP contribution in [0.25, 0.3) is 22.0 Å². The van der Waals surface area contributed by atoms with E-state index < -0.39 is 0 Å². The SMILES string of the molecule is C=CC(=O)N1CC2(CCN(c3cc4c(c(-c5c(C)ccc6cnn(C)c56)c3C#N)OCCC4)C2)C1. The lowest BCUT2D eigenvalue weighted by Crippen LogP contribution is -2.59. The Balaban J connectivity index is 1.50. The van der Waals surface area contributed by atoms with E-state index in [1.807, 2.05) is 22.8 Å². The summed E-state index contributed by atoms with van der Waals surface area (Å²) >= 11 is 0. The molecule has 2 saturated heterocycles. The Bertz CT molecular complexity index is 1420. The minimum absolute atomic E-state index is 0.000230. The number of aromatic nitrogens is 2. The van der Waals surface area contributed by atoms with Gasteiger partial charge in [0.05, 0.1) is 29.6 Å². The van der Waals surface area contributed by atoms with Gasteiger partial charge in [0.25, 0.3) is 0 Å². The van der Waals surface area contributed by atoms with Crippen LogP contribution in [0.2, 0.25) is 0 Å². The highest BCUT2D eigenvalue weighted by atomic mass is 16.5. The summed E-state index contributed by atoms with van der Waals surface area (Å²) in [5.41, 5.74) is 6.94. The van der Waals surface area contributed by atoms with E-state index in [4.69, 9.17) is 4.74 Å². The molecule has 0 N–H and O–H groups in total. The number of carbonyl (C=O) groups excluding carboxylic acids is 1. The average molecular weight is 468 g/mol. The Morgan fingerprint density at radius 1 is 1.29 bits per heavy atom. The lowest BCUT2D eigenvalue weighted by molar-refractivity contribution is -0.136. The predicted molar refractivity (Wildman–Crippen MR) is 135 cm³/mol. The number of fused-ring (bicyclic) bond motifs is 2. The molecule has 1 aromatic heterocycles. The van der Waals surface area contributed by atoms with E-state index in [1.54, 1.807) is 0 Å². The van der Waals surface area contributed by atoms with Crippen molar-refractivity contribution in [1.82, 2.24) is 14.7 Å². The van der Waals surface area contributed by atoms with E-state index in [0.29, 0.717) is 12.2 Å². The van der Waals surface area contributed by atoms with Gasteiger partial charge >= 0.3 is 0 Å². The molecule has 3 aliphatic heterocycles. The second-order valence-corrected chi connectivity index (χ2v) is 10.2. The van der Waals surface area contributed by atoms with Crippen LogP contribution in [0.5, 0.6) is 5.75 Å². The minimum Gasteiger partial charge on any atom is -0.493 e. The van der Waals surface area contributed by atoms with Crippen LogP contribution in [-0.4, -0.2) is 53.4 Å². The third-order valence-electron chi connectivity index (χ3n) is 7.96. The van der Waals surface area contributed by atoms with Crippen molar-refractivity contribution in [1.29, 1.82) is 5.26 Å². The summed E-state index contributed by atoms with van der Waals surface area (Å²) in [4.78, 5) is 16.2. The molecule has 0 unspecified atom stereocenters. The van der Waals surface area contributed by atoms with E-state index in [1.165, 1.54) is 6.08 Å². The van der Waals surface area contributed by atoms with Crippen molar-refractivity contribution >= 4 is 22.5 Å². The third kappa shape index (κ3) is 3.23. The van der Waals surface area contributed by atoms with Crippen molar-refractivity contribution in [3.05, 3.63) is 53.7 Å². The molecule has 0 aliphatic carbocycles. The quantitative estimate of drug-likeness (QED) is 0.545. The first-order valence-corrected chi connectivity index (χ1v) is 12.3. The van der Waals surface area contributed by atoms with Crippen LogP contribution in [0.3, 0.4) is 0 Å². The number of hydrogen-bond acceptors (Lipinski definition) is 5. The normalized spacial score (nSPS) is 18.2. The van der Waals surface area contributed by atoms with Gasteiger partial charge in [0.1, 0.15) is 11.8 Å². The third-order valence-corrected chi connectivity index (χ3v) is 7.96. The number of nitrogens with zero attached hydrogens (tertiary/aromatic N) is 5. The summed E-state index contributed by atoms with van der Waals surface area (Å²) in [5, 5.41) is 16.1. The second kappa shape index (κ2) is 7.88. The summed E-state index contributed by atoms with van der Waals surface area (Å²) in [6, 6.07) is 8.93. The number of anilines is 1. The monoisotopic (exact) mass is 467 g/mol. The van der Waals surface area contributed by atoms with Crippen molar-refractivity contribution in [2.75, 3.05) is 37.7 Å². The summed E-state index contributed by atoms with van der Waals surface area (Å²) < 4.78 is 8.16. The Kier molecular flexibility index (Phi) is 4.89. The molecule has 0 atom stereocenters. The van der Waals surface area contributed by atoms with E-state index in [9.17, 15) is 10.1 Å². The Labute approximate surface area is 205 Å². The minimum atomic E-state index is -0.000230. The predicted octanol–water partition coefficient (Wildman–Crippen LogP) is 3.97. The number of hydrogen-bond donors (Lipinski definition) is 0.